The monoisotopic (exact) mass is 420 g/mol. The van der Waals surface area contributed by atoms with E-state index in [0.717, 1.165) is 29.9 Å². The van der Waals surface area contributed by atoms with Crippen molar-refractivity contribution < 1.29 is 13.6 Å². The van der Waals surface area contributed by atoms with Crippen LogP contribution in [0.4, 0.5) is 14.5 Å². The molecule has 0 radical (unpaired) electrons. The number of fused-ring (bicyclic) bond motifs is 1. The number of H-pyrrole nitrogens is 1. The van der Waals surface area contributed by atoms with Gasteiger partial charge in [0.05, 0.1) is 17.0 Å². The van der Waals surface area contributed by atoms with Crippen LogP contribution in [0.5, 0.6) is 0 Å². The summed E-state index contributed by atoms with van der Waals surface area (Å²) in [7, 11) is 0. The molecular formula is C20H22F2N4O2S. The van der Waals surface area contributed by atoms with Crippen molar-refractivity contribution in [3.63, 3.8) is 0 Å². The van der Waals surface area contributed by atoms with E-state index in [1.165, 1.54) is 6.07 Å². The van der Waals surface area contributed by atoms with E-state index in [1.807, 2.05) is 6.92 Å². The van der Waals surface area contributed by atoms with E-state index < -0.39 is 17.5 Å². The normalized spacial score (nSPS) is 11.4. The van der Waals surface area contributed by atoms with Gasteiger partial charge in [0.1, 0.15) is 17.2 Å². The number of aromatic amines is 1. The van der Waals surface area contributed by atoms with Gasteiger partial charge in [-0.2, -0.15) is 0 Å². The van der Waals surface area contributed by atoms with Gasteiger partial charge in [-0.1, -0.05) is 25.6 Å². The molecule has 154 valence electrons. The second-order valence-corrected chi connectivity index (χ2v) is 8.15. The number of carbonyl (C=O) groups is 1. The Hall–Kier alpha value is -2.68. The van der Waals surface area contributed by atoms with Crippen molar-refractivity contribution in [2.75, 3.05) is 11.1 Å². The molecule has 0 atom stereocenters. The van der Waals surface area contributed by atoms with E-state index in [-0.39, 0.29) is 17.0 Å². The topological polar surface area (TPSA) is 79.8 Å². The summed E-state index contributed by atoms with van der Waals surface area (Å²) in [5.74, 6) is -1.72. The standard InChI is InChI=1S/C20H22F2N4O2S/c1-11(2)6-7-26-19(28)18-16(8-12(3)23-18)25-20(26)29-10-17(27)24-15-5-4-13(21)9-14(15)22/h4-5,8-9,11,23H,6-7,10H2,1-3H3,(H,24,27). The van der Waals surface area contributed by atoms with Gasteiger partial charge in [0.2, 0.25) is 5.91 Å². The quantitative estimate of drug-likeness (QED) is 0.446. The average Bonchev–Trinajstić information content (AvgIpc) is 3.02. The number of rotatable bonds is 7. The zero-order valence-electron chi connectivity index (χ0n) is 16.4. The summed E-state index contributed by atoms with van der Waals surface area (Å²) in [5.41, 5.74) is 1.52. The van der Waals surface area contributed by atoms with Crippen molar-refractivity contribution >= 4 is 34.4 Å². The Labute approximate surface area is 170 Å². The van der Waals surface area contributed by atoms with Crippen LogP contribution in [0.15, 0.2) is 34.2 Å². The molecule has 29 heavy (non-hydrogen) atoms. The molecule has 1 amide bonds. The SMILES string of the molecule is Cc1cc2nc(SCC(=O)Nc3ccc(F)cc3F)n(CCC(C)C)c(=O)c2[nH]1. The van der Waals surface area contributed by atoms with E-state index in [4.69, 9.17) is 0 Å². The van der Waals surface area contributed by atoms with Crippen molar-refractivity contribution in [1.82, 2.24) is 14.5 Å². The van der Waals surface area contributed by atoms with Gasteiger partial charge in [0.25, 0.3) is 5.56 Å². The molecule has 3 aromatic rings. The number of halogens is 2. The summed E-state index contributed by atoms with van der Waals surface area (Å²) in [4.78, 5) is 32.7. The molecule has 0 fully saturated rings. The highest BCUT2D eigenvalue weighted by Crippen LogP contribution is 2.21. The zero-order chi connectivity index (χ0) is 21.1. The third-order valence-electron chi connectivity index (χ3n) is 4.31. The van der Waals surface area contributed by atoms with Crippen LogP contribution in [0, 0.1) is 24.5 Å². The van der Waals surface area contributed by atoms with Gasteiger partial charge in [-0.15, -0.1) is 0 Å². The maximum Gasteiger partial charge on any atom is 0.278 e. The lowest BCUT2D eigenvalue weighted by Crippen LogP contribution is -2.25. The Balaban J connectivity index is 1.81. The molecule has 0 bridgehead atoms. The number of benzene rings is 1. The van der Waals surface area contributed by atoms with Crippen LogP contribution in [0.1, 0.15) is 26.0 Å². The molecule has 6 nitrogen and oxygen atoms in total. The summed E-state index contributed by atoms with van der Waals surface area (Å²) in [6.45, 7) is 6.45. The summed E-state index contributed by atoms with van der Waals surface area (Å²) in [6, 6.07) is 4.72. The first-order valence-corrected chi connectivity index (χ1v) is 10.2. The second-order valence-electron chi connectivity index (χ2n) is 7.21. The fourth-order valence-electron chi connectivity index (χ4n) is 2.81. The molecule has 0 aliphatic heterocycles. The Morgan fingerprint density at radius 2 is 2.07 bits per heavy atom. The Kier molecular flexibility index (Phi) is 6.36. The van der Waals surface area contributed by atoms with Crippen molar-refractivity contribution in [3.05, 3.63) is 51.9 Å². The Morgan fingerprint density at radius 3 is 2.76 bits per heavy atom. The second kappa shape index (κ2) is 8.77. The van der Waals surface area contributed by atoms with Crippen molar-refractivity contribution in [3.8, 4) is 0 Å². The molecular weight excluding hydrogens is 398 g/mol. The van der Waals surface area contributed by atoms with Crippen LogP contribution in [-0.4, -0.2) is 26.2 Å². The smallest absolute Gasteiger partial charge is 0.278 e. The number of aromatic nitrogens is 3. The Morgan fingerprint density at radius 1 is 1.31 bits per heavy atom. The van der Waals surface area contributed by atoms with Gasteiger partial charge >= 0.3 is 0 Å². The number of anilines is 1. The van der Waals surface area contributed by atoms with E-state index >= 15 is 0 Å². The van der Waals surface area contributed by atoms with Crippen LogP contribution in [0.25, 0.3) is 11.0 Å². The number of nitrogens with one attached hydrogen (secondary N) is 2. The summed E-state index contributed by atoms with van der Waals surface area (Å²) < 4.78 is 28.3. The average molecular weight is 420 g/mol. The molecule has 9 heteroatoms. The van der Waals surface area contributed by atoms with E-state index in [0.29, 0.717) is 34.7 Å². The molecule has 0 saturated carbocycles. The maximum atomic E-state index is 13.7. The van der Waals surface area contributed by atoms with Crippen LogP contribution in [0.2, 0.25) is 0 Å². The first-order chi connectivity index (χ1) is 13.7. The molecule has 0 unspecified atom stereocenters. The molecule has 0 aliphatic rings. The highest BCUT2D eigenvalue weighted by Gasteiger charge is 2.16. The van der Waals surface area contributed by atoms with Gasteiger partial charge in [-0.3, -0.25) is 14.2 Å². The van der Waals surface area contributed by atoms with Gasteiger partial charge in [0.15, 0.2) is 5.16 Å². The minimum Gasteiger partial charge on any atom is -0.353 e. The first-order valence-electron chi connectivity index (χ1n) is 9.22. The highest BCUT2D eigenvalue weighted by molar-refractivity contribution is 7.99. The lowest BCUT2D eigenvalue weighted by molar-refractivity contribution is -0.113. The van der Waals surface area contributed by atoms with Crippen LogP contribution >= 0.6 is 11.8 Å². The number of nitrogens with zero attached hydrogens (tertiary/aromatic N) is 2. The number of hydrogen-bond donors (Lipinski definition) is 2. The molecule has 2 heterocycles. The highest BCUT2D eigenvalue weighted by atomic mass is 32.2. The minimum atomic E-state index is -0.848. The number of carbonyl (C=O) groups excluding carboxylic acids is 1. The maximum absolute atomic E-state index is 13.7. The largest absolute Gasteiger partial charge is 0.353 e. The number of amides is 1. The first kappa shape index (κ1) is 21.0. The lowest BCUT2D eigenvalue weighted by atomic mass is 10.1. The van der Waals surface area contributed by atoms with Gasteiger partial charge in [0, 0.05) is 18.3 Å². The number of thioether (sulfide) groups is 1. The van der Waals surface area contributed by atoms with E-state index in [9.17, 15) is 18.4 Å². The zero-order valence-corrected chi connectivity index (χ0v) is 17.2. The fraction of sp³-hybridized carbons (Fsp3) is 0.350. The molecule has 1 aromatic carbocycles. The molecule has 0 saturated heterocycles. The number of hydrogen-bond acceptors (Lipinski definition) is 4. The summed E-state index contributed by atoms with van der Waals surface area (Å²) in [5, 5.41) is 2.84. The molecule has 0 aliphatic carbocycles. The van der Waals surface area contributed by atoms with E-state index in [1.54, 1.807) is 10.6 Å². The van der Waals surface area contributed by atoms with Gasteiger partial charge in [-0.25, -0.2) is 13.8 Å². The molecule has 0 spiro atoms. The van der Waals surface area contributed by atoms with Gasteiger partial charge < -0.3 is 10.3 Å². The Bertz CT molecular complexity index is 1110. The predicted octanol–water partition coefficient (Wildman–Crippen LogP) is 4.09. The third-order valence-corrected chi connectivity index (χ3v) is 5.28. The minimum absolute atomic E-state index is 0.0696. The number of aryl methyl sites for hydroxylation is 1. The molecule has 2 N–H and O–H groups in total. The molecule has 2 aromatic heterocycles. The lowest BCUT2D eigenvalue weighted by Gasteiger charge is -2.13. The summed E-state index contributed by atoms with van der Waals surface area (Å²) in [6.07, 6.45) is 0.785. The fourth-order valence-corrected chi connectivity index (χ4v) is 3.64. The third kappa shape index (κ3) is 5.03. The van der Waals surface area contributed by atoms with Crippen molar-refractivity contribution in [1.29, 1.82) is 0 Å². The van der Waals surface area contributed by atoms with Crippen molar-refractivity contribution in [2.45, 2.75) is 38.9 Å². The predicted molar refractivity (Wildman–Crippen MR) is 110 cm³/mol. The van der Waals surface area contributed by atoms with Crippen LogP contribution in [0.3, 0.4) is 0 Å². The molecule has 3 rings (SSSR count). The summed E-state index contributed by atoms with van der Waals surface area (Å²) >= 11 is 1.10. The van der Waals surface area contributed by atoms with E-state index in [2.05, 4.69) is 29.1 Å². The van der Waals surface area contributed by atoms with Crippen LogP contribution in [-0.2, 0) is 11.3 Å². The van der Waals surface area contributed by atoms with Crippen molar-refractivity contribution in [2.24, 2.45) is 5.92 Å². The van der Waals surface area contributed by atoms with Crippen LogP contribution < -0.4 is 10.9 Å². The van der Waals surface area contributed by atoms with Gasteiger partial charge in [-0.05, 0) is 37.5 Å².